The van der Waals surface area contributed by atoms with Crippen molar-refractivity contribution in [2.45, 2.75) is 20.1 Å². The summed E-state index contributed by atoms with van der Waals surface area (Å²) in [4.78, 5) is 23.3. The van der Waals surface area contributed by atoms with Crippen LogP contribution in [0.2, 0.25) is 5.02 Å². The topological polar surface area (TPSA) is 99.3 Å². The van der Waals surface area contributed by atoms with E-state index in [2.05, 4.69) is 10.4 Å². The Morgan fingerprint density at radius 3 is 2.59 bits per heavy atom. The van der Waals surface area contributed by atoms with Crippen molar-refractivity contribution in [1.29, 1.82) is 0 Å². The number of nitro groups is 1. The van der Waals surface area contributed by atoms with Gasteiger partial charge < -0.3 is 10.1 Å². The van der Waals surface area contributed by atoms with Crippen LogP contribution >= 0.6 is 11.6 Å². The van der Waals surface area contributed by atoms with E-state index in [-0.39, 0.29) is 24.0 Å². The second kappa shape index (κ2) is 10.2. The highest BCUT2D eigenvalue weighted by Gasteiger charge is 2.14. The molecule has 0 aliphatic rings. The number of amides is 1. The first-order valence-corrected chi connectivity index (χ1v) is 10.8. The molecule has 0 fully saturated rings. The van der Waals surface area contributed by atoms with Gasteiger partial charge in [0.2, 0.25) is 0 Å². The molecule has 1 aromatic heterocycles. The molecule has 0 bridgehead atoms. The van der Waals surface area contributed by atoms with Crippen LogP contribution in [0, 0.1) is 17.0 Å². The predicted molar refractivity (Wildman–Crippen MR) is 129 cm³/mol. The standard InChI is InChI=1S/C25H21ClN4O4/c1-17-12-21(10-11-23(17)30(32)33)34-16-19-8-5-9-20(13-19)25(31)27-24-22(26)15-29(28-24)14-18-6-3-2-4-7-18/h2-13,15H,14,16H2,1H3,(H,27,28,31). The van der Waals surface area contributed by atoms with Crippen molar-refractivity contribution in [3.8, 4) is 5.75 Å². The van der Waals surface area contributed by atoms with Crippen molar-refractivity contribution in [1.82, 2.24) is 9.78 Å². The fourth-order valence-corrected chi connectivity index (χ4v) is 3.60. The molecule has 0 saturated heterocycles. The van der Waals surface area contributed by atoms with E-state index in [4.69, 9.17) is 16.3 Å². The summed E-state index contributed by atoms with van der Waals surface area (Å²) >= 11 is 6.27. The van der Waals surface area contributed by atoms with Gasteiger partial charge in [0, 0.05) is 23.4 Å². The van der Waals surface area contributed by atoms with E-state index in [0.29, 0.717) is 28.4 Å². The molecule has 3 aromatic carbocycles. The highest BCUT2D eigenvalue weighted by Crippen LogP contribution is 2.24. The van der Waals surface area contributed by atoms with Gasteiger partial charge in [-0.1, -0.05) is 54.1 Å². The molecule has 1 heterocycles. The molecule has 0 radical (unpaired) electrons. The Morgan fingerprint density at radius 2 is 1.85 bits per heavy atom. The third-order valence-corrected chi connectivity index (χ3v) is 5.37. The first-order chi connectivity index (χ1) is 16.4. The number of carbonyl (C=O) groups is 1. The van der Waals surface area contributed by atoms with Crippen LogP contribution in [0.25, 0.3) is 0 Å². The average molecular weight is 477 g/mol. The molecule has 172 valence electrons. The van der Waals surface area contributed by atoms with Gasteiger partial charge in [-0.15, -0.1) is 0 Å². The van der Waals surface area contributed by atoms with Gasteiger partial charge in [-0.2, -0.15) is 5.10 Å². The largest absolute Gasteiger partial charge is 0.489 e. The second-order valence-corrected chi connectivity index (χ2v) is 8.06. The number of halogens is 1. The van der Waals surface area contributed by atoms with E-state index >= 15 is 0 Å². The van der Waals surface area contributed by atoms with E-state index in [9.17, 15) is 14.9 Å². The molecule has 4 aromatic rings. The minimum atomic E-state index is -0.432. The number of nitrogens with zero attached hydrogens (tertiary/aromatic N) is 3. The normalized spacial score (nSPS) is 10.6. The van der Waals surface area contributed by atoms with Gasteiger partial charge in [-0.05, 0) is 42.3 Å². The Hall–Kier alpha value is -4.17. The van der Waals surface area contributed by atoms with Gasteiger partial charge in [0.1, 0.15) is 17.4 Å². The molecular weight excluding hydrogens is 456 g/mol. The summed E-state index contributed by atoms with van der Waals surface area (Å²) in [6.07, 6.45) is 1.67. The number of nitro benzene ring substituents is 1. The molecule has 0 aliphatic carbocycles. The van der Waals surface area contributed by atoms with Crippen LogP contribution in [-0.2, 0) is 13.2 Å². The summed E-state index contributed by atoms with van der Waals surface area (Å²) in [6, 6.07) is 21.4. The maximum absolute atomic E-state index is 12.8. The number of aryl methyl sites for hydroxylation is 1. The molecule has 34 heavy (non-hydrogen) atoms. The SMILES string of the molecule is Cc1cc(OCc2cccc(C(=O)Nc3nn(Cc4ccccc4)cc3Cl)c2)ccc1[N+](=O)[O-]. The summed E-state index contributed by atoms with van der Waals surface area (Å²) in [5.74, 6) is 0.444. The van der Waals surface area contributed by atoms with E-state index in [0.717, 1.165) is 11.1 Å². The zero-order valence-corrected chi connectivity index (χ0v) is 19.0. The van der Waals surface area contributed by atoms with Gasteiger partial charge >= 0.3 is 0 Å². The fourth-order valence-electron chi connectivity index (χ4n) is 3.40. The number of hydrogen-bond acceptors (Lipinski definition) is 5. The zero-order chi connectivity index (χ0) is 24.1. The van der Waals surface area contributed by atoms with Crippen molar-refractivity contribution in [2.75, 3.05) is 5.32 Å². The van der Waals surface area contributed by atoms with Gasteiger partial charge in [0.15, 0.2) is 5.82 Å². The van der Waals surface area contributed by atoms with Gasteiger partial charge in [0.05, 0.1) is 11.5 Å². The monoisotopic (exact) mass is 476 g/mol. The van der Waals surface area contributed by atoms with Crippen LogP contribution in [0.4, 0.5) is 11.5 Å². The fraction of sp³-hybridized carbons (Fsp3) is 0.120. The Bertz CT molecular complexity index is 1340. The van der Waals surface area contributed by atoms with E-state index in [1.54, 1.807) is 48.1 Å². The summed E-state index contributed by atoms with van der Waals surface area (Å²) in [7, 11) is 0. The average Bonchev–Trinajstić information content (AvgIpc) is 3.16. The van der Waals surface area contributed by atoms with Crippen molar-refractivity contribution in [2.24, 2.45) is 0 Å². The minimum absolute atomic E-state index is 0.0379. The molecular formula is C25H21ClN4O4. The molecule has 0 unspecified atom stereocenters. The Kier molecular flexibility index (Phi) is 6.89. The van der Waals surface area contributed by atoms with E-state index in [1.165, 1.54) is 6.07 Å². The lowest BCUT2D eigenvalue weighted by atomic mass is 10.1. The number of ether oxygens (including phenoxy) is 1. The van der Waals surface area contributed by atoms with Crippen LogP contribution in [-0.4, -0.2) is 20.6 Å². The molecule has 0 atom stereocenters. The zero-order valence-electron chi connectivity index (χ0n) is 18.3. The highest BCUT2D eigenvalue weighted by molar-refractivity contribution is 6.33. The van der Waals surface area contributed by atoms with Crippen molar-refractivity contribution in [3.63, 3.8) is 0 Å². The minimum Gasteiger partial charge on any atom is -0.489 e. The smallest absolute Gasteiger partial charge is 0.272 e. The van der Waals surface area contributed by atoms with Crippen LogP contribution < -0.4 is 10.1 Å². The maximum Gasteiger partial charge on any atom is 0.272 e. The van der Waals surface area contributed by atoms with Crippen LogP contribution in [0.3, 0.4) is 0 Å². The van der Waals surface area contributed by atoms with Gasteiger partial charge in [-0.3, -0.25) is 19.6 Å². The lowest BCUT2D eigenvalue weighted by Gasteiger charge is -2.09. The molecule has 0 aliphatic heterocycles. The number of benzene rings is 3. The number of nitrogens with one attached hydrogen (secondary N) is 1. The number of carbonyl (C=O) groups excluding carboxylic acids is 1. The number of rotatable bonds is 8. The molecule has 0 spiro atoms. The van der Waals surface area contributed by atoms with Crippen molar-refractivity contribution < 1.29 is 14.5 Å². The molecule has 1 amide bonds. The lowest BCUT2D eigenvalue weighted by molar-refractivity contribution is -0.385. The Morgan fingerprint density at radius 1 is 1.09 bits per heavy atom. The lowest BCUT2D eigenvalue weighted by Crippen LogP contribution is -2.13. The molecule has 0 saturated carbocycles. The van der Waals surface area contributed by atoms with Crippen LogP contribution in [0.15, 0.2) is 79.0 Å². The predicted octanol–water partition coefficient (Wildman–Crippen LogP) is 5.63. The molecule has 8 nitrogen and oxygen atoms in total. The van der Waals surface area contributed by atoms with Gasteiger partial charge in [-0.25, -0.2) is 0 Å². The quantitative estimate of drug-likeness (QED) is 0.262. The Balaban J connectivity index is 1.40. The summed E-state index contributed by atoms with van der Waals surface area (Å²) in [6.45, 7) is 2.39. The summed E-state index contributed by atoms with van der Waals surface area (Å²) < 4.78 is 7.42. The van der Waals surface area contributed by atoms with Crippen molar-refractivity contribution in [3.05, 3.63) is 116 Å². The number of hydrogen-bond donors (Lipinski definition) is 1. The van der Waals surface area contributed by atoms with E-state index < -0.39 is 4.92 Å². The second-order valence-electron chi connectivity index (χ2n) is 7.66. The van der Waals surface area contributed by atoms with Crippen LogP contribution in [0.5, 0.6) is 5.75 Å². The van der Waals surface area contributed by atoms with Crippen LogP contribution in [0.1, 0.15) is 27.0 Å². The summed E-state index contributed by atoms with van der Waals surface area (Å²) in [5, 5.41) is 18.4. The third kappa shape index (κ3) is 5.60. The summed E-state index contributed by atoms with van der Waals surface area (Å²) in [5.41, 5.74) is 2.81. The molecule has 4 rings (SSSR count). The number of aromatic nitrogens is 2. The maximum atomic E-state index is 12.8. The van der Waals surface area contributed by atoms with Gasteiger partial charge in [0.25, 0.3) is 11.6 Å². The first-order valence-electron chi connectivity index (χ1n) is 10.4. The number of anilines is 1. The molecule has 9 heteroatoms. The van der Waals surface area contributed by atoms with Crippen molar-refractivity contribution >= 4 is 29.0 Å². The Labute approximate surface area is 200 Å². The first kappa shape index (κ1) is 23.0. The molecule has 1 N–H and O–H groups in total. The van der Waals surface area contributed by atoms with E-state index in [1.807, 2.05) is 36.4 Å². The highest BCUT2D eigenvalue weighted by atomic mass is 35.5. The third-order valence-electron chi connectivity index (χ3n) is 5.10.